The van der Waals surface area contributed by atoms with Crippen LogP contribution in [-0.4, -0.2) is 35.0 Å². The van der Waals surface area contributed by atoms with Gasteiger partial charge in [0.1, 0.15) is 5.60 Å². The van der Waals surface area contributed by atoms with Crippen LogP contribution < -0.4 is 16.0 Å². The van der Waals surface area contributed by atoms with Gasteiger partial charge in [-0.3, -0.25) is 14.6 Å². The highest BCUT2D eigenvalue weighted by Gasteiger charge is 2.15. The number of hydrogen-bond acceptors (Lipinski definition) is 5. The van der Waals surface area contributed by atoms with Crippen molar-refractivity contribution < 1.29 is 19.1 Å². The van der Waals surface area contributed by atoms with Crippen LogP contribution >= 0.6 is 0 Å². The van der Waals surface area contributed by atoms with Crippen molar-refractivity contribution in [2.75, 3.05) is 11.9 Å². The number of alkyl carbamates (subject to hydrolysis) is 1. The Kier molecular flexibility index (Phi) is 7.70. The molecule has 8 heteroatoms. The topological polar surface area (TPSA) is 109 Å². The fourth-order valence-electron chi connectivity index (χ4n) is 2.30. The van der Waals surface area contributed by atoms with Gasteiger partial charge in [0.2, 0.25) is 5.91 Å². The monoisotopic (exact) mass is 398 g/mol. The predicted octanol–water partition coefficient (Wildman–Crippen LogP) is 2.86. The van der Waals surface area contributed by atoms with Crippen molar-refractivity contribution in [2.24, 2.45) is 0 Å². The molecule has 0 atom stereocenters. The molecule has 2 aromatic rings. The van der Waals surface area contributed by atoms with E-state index in [1.165, 1.54) is 6.20 Å². The minimum absolute atomic E-state index is 0.127. The standard InChI is InChI=1S/C21H26N4O4/c1-21(2,3)29-20(28)23-12-10-18(26)25-17-8-6-15(7-9-17)13-24-19(27)16-5-4-11-22-14-16/h4-9,11,14H,10,12-13H2,1-3H3,(H,23,28)(H,24,27)(H,25,26). The van der Waals surface area contributed by atoms with E-state index in [0.29, 0.717) is 17.8 Å². The first-order valence-corrected chi connectivity index (χ1v) is 9.27. The molecule has 0 aliphatic heterocycles. The molecule has 1 heterocycles. The minimum Gasteiger partial charge on any atom is -0.444 e. The molecule has 0 fully saturated rings. The quantitative estimate of drug-likeness (QED) is 0.664. The Morgan fingerprint density at radius 2 is 1.76 bits per heavy atom. The summed E-state index contributed by atoms with van der Waals surface area (Å²) in [6, 6.07) is 10.5. The maximum Gasteiger partial charge on any atom is 0.407 e. The minimum atomic E-state index is -0.578. The molecule has 3 amide bonds. The molecule has 3 N–H and O–H groups in total. The Morgan fingerprint density at radius 3 is 2.38 bits per heavy atom. The number of nitrogens with one attached hydrogen (secondary N) is 3. The summed E-state index contributed by atoms with van der Waals surface area (Å²) in [6.07, 6.45) is 2.69. The molecule has 0 saturated heterocycles. The number of hydrogen-bond donors (Lipinski definition) is 3. The maximum atomic E-state index is 12.0. The molecule has 0 aliphatic carbocycles. The van der Waals surface area contributed by atoms with Gasteiger partial charge >= 0.3 is 6.09 Å². The number of amides is 3. The highest BCUT2D eigenvalue weighted by Crippen LogP contribution is 2.10. The Labute approximate surface area is 170 Å². The number of benzene rings is 1. The molecule has 0 aliphatic rings. The molecule has 8 nitrogen and oxygen atoms in total. The number of anilines is 1. The van der Waals surface area contributed by atoms with Crippen molar-refractivity contribution in [1.82, 2.24) is 15.6 Å². The van der Waals surface area contributed by atoms with Gasteiger partial charge in [-0.2, -0.15) is 0 Å². The van der Waals surface area contributed by atoms with E-state index >= 15 is 0 Å². The van der Waals surface area contributed by atoms with Crippen LogP contribution in [0.25, 0.3) is 0 Å². The second-order valence-corrected chi connectivity index (χ2v) is 7.35. The number of pyridine rings is 1. The van der Waals surface area contributed by atoms with Crippen LogP contribution in [-0.2, 0) is 16.1 Å². The average molecular weight is 398 g/mol. The molecule has 0 spiro atoms. The van der Waals surface area contributed by atoms with Crippen molar-refractivity contribution in [3.63, 3.8) is 0 Å². The number of ether oxygens (including phenoxy) is 1. The second kappa shape index (κ2) is 10.2. The lowest BCUT2D eigenvalue weighted by Gasteiger charge is -2.19. The van der Waals surface area contributed by atoms with E-state index in [0.717, 1.165) is 5.56 Å². The number of rotatable bonds is 7. The fourth-order valence-corrected chi connectivity index (χ4v) is 2.30. The zero-order chi connectivity index (χ0) is 21.3. The van der Waals surface area contributed by atoms with Gasteiger partial charge < -0.3 is 20.7 Å². The summed E-state index contributed by atoms with van der Waals surface area (Å²) in [5.41, 5.74) is 1.45. The Balaban J connectivity index is 1.72. The first-order chi connectivity index (χ1) is 13.7. The maximum absolute atomic E-state index is 12.0. The fraction of sp³-hybridized carbons (Fsp3) is 0.333. The number of nitrogens with zero attached hydrogens (tertiary/aromatic N) is 1. The van der Waals surface area contributed by atoms with Crippen molar-refractivity contribution in [1.29, 1.82) is 0 Å². The molecule has 0 unspecified atom stereocenters. The first-order valence-electron chi connectivity index (χ1n) is 9.27. The lowest BCUT2D eigenvalue weighted by atomic mass is 10.2. The molecule has 29 heavy (non-hydrogen) atoms. The Morgan fingerprint density at radius 1 is 1.03 bits per heavy atom. The van der Waals surface area contributed by atoms with Gasteiger partial charge in [-0.05, 0) is 50.6 Å². The van der Waals surface area contributed by atoms with Crippen LogP contribution in [0.15, 0.2) is 48.8 Å². The highest BCUT2D eigenvalue weighted by atomic mass is 16.6. The lowest BCUT2D eigenvalue weighted by molar-refractivity contribution is -0.116. The van der Waals surface area contributed by atoms with E-state index in [1.54, 1.807) is 51.2 Å². The van der Waals surface area contributed by atoms with E-state index in [-0.39, 0.29) is 24.8 Å². The SMILES string of the molecule is CC(C)(C)OC(=O)NCCC(=O)Nc1ccc(CNC(=O)c2cccnc2)cc1. The summed E-state index contributed by atoms with van der Waals surface area (Å²) >= 11 is 0. The average Bonchev–Trinajstić information content (AvgIpc) is 2.66. The van der Waals surface area contributed by atoms with Crippen molar-refractivity contribution in [3.8, 4) is 0 Å². The third-order valence-corrected chi connectivity index (χ3v) is 3.63. The van der Waals surface area contributed by atoms with Gasteiger partial charge in [0, 0.05) is 37.6 Å². The molecule has 1 aromatic carbocycles. The summed E-state index contributed by atoms with van der Waals surface area (Å²) in [6.45, 7) is 5.86. The van der Waals surface area contributed by atoms with E-state index < -0.39 is 11.7 Å². The van der Waals surface area contributed by atoms with Crippen LogP contribution in [0, 0.1) is 0 Å². The zero-order valence-electron chi connectivity index (χ0n) is 16.8. The first kappa shape index (κ1) is 21.9. The molecule has 0 bridgehead atoms. The normalized spacial score (nSPS) is 10.7. The molecule has 0 saturated carbocycles. The summed E-state index contributed by atoms with van der Waals surface area (Å²) in [5.74, 6) is -0.424. The van der Waals surface area contributed by atoms with Crippen LogP contribution in [0.3, 0.4) is 0 Å². The Hall–Kier alpha value is -3.42. The number of aromatic nitrogens is 1. The van der Waals surface area contributed by atoms with Crippen molar-refractivity contribution >= 4 is 23.6 Å². The third kappa shape index (κ3) is 8.42. The van der Waals surface area contributed by atoms with Crippen LogP contribution in [0.5, 0.6) is 0 Å². The summed E-state index contributed by atoms with van der Waals surface area (Å²) < 4.78 is 5.10. The van der Waals surface area contributed by atoms with Crippen molar-refractivity contribution in [2.45, 2.75) is 39.3 Å². The van der Waals surface area contributed by atoms with Gasteiger partial charge in [-0.15, -0.1) is 0 Å². The smallest absolute Gasteiger partial charge is 0.407 e. The van der Waals surface area contributed by atoms with Crippen LogP contribution in [0.4, 0.5) is 10.5 Å². The largest absolute Gasteiger partial charge is 0.444 e. The third-order valence-electron chi connectivity index (χ3n) is 3.63. The van der Waals surface area contributed by atoms with Gasteiger partial charge in [0.15, 0.2) is 0 Å². The predicted molar refractivity (Wildman–Crippen MR) is 109 cm³/mol. The molecular formula is C21H26N4O4. The highest BCUT2D eigenvalue weighted by molar-refractivity contribution is 5.93. The molecule has 0 radical (unpaired) electrons. The number of carbonyl (C=O) groups excluding carboxylic acids is 3. The van der Waals surface area contributed by atoms with Gasteiger partial charge in [0.05, 0.1) is 5.56 Å². The van der Waals surface area contributed by atoms with Crippen LogP contribution in [0.1, 0.15) is 43.1 Å². The van der Waals surface area contributed by atoms with E-state index in [1.807, 2.05) is 12.1 Å². The zero-order valence-corrected chi connectivity index (χ0v) is 16.8. The molecule has 1 aromatic heterocycles. The Bertz CT molecular complexity index is 830. The van der Waals surface area contributed by atoms with Gasteiger partial charge in [0.25, 0.3) is 5.91 Å². The molecule has 2 rings (SSSR count). The number of carbonyl (C=O) groups is 3. The van der Waals surface area contributed by atoms with E-state index in [4.69, 9.17) is 4.74 Å². The van der Waals surface area contributed by atoms with Gasteiger partial charge in [-0.1, -0.05) is 12.1 Å². The molecular weight excluding hydrogens is 372 g/mol. The second-order valence-electron chi connectivity index (χ2n) is 7.35. The molecule has 154 valence electrons. The summed E-state index contributed by atoms with van der Waals surface area (Å²) in [5, 5.41) is 8.11. The lowest BCUT2D eigenvalue weighted by Crippen LogP contribution is -2.34. The van der Waals surface area contributed by atoms with E-state index in [2.05, 4.69) is 20.9 Å². The van der Waals surface area contributed by atoms with Crippen LogP contribution in [0.2, 0.25) is 0 Å². The van der Waals surface area contributed by atoms with Crippen molar-refractivity contribution in [3.05, 3.63) is 59.9 Å². The summed E-state index contributed by atoms with van der Waals surface area (Å²) in [4.78, 5) is 39.4. The van der Waals surface area contributed by atoms with E-state index in [9.17, 15) is 14.4 Å². The summed E-state index contributed by atoms with van der Waals surface area (Å²) in [7, 11) is 0. The van der Waals surface area contributed by atoms with Gasteiger partial charge in [-0.25, -0.2) is 4.79 Å².